The van der Waals surface area contributed by atoms with Crippen LogP contribution in [0.25, 0.3) is 0 Å². The number of ether oxygens (including phenoxy) is 1. The molecule has 2 heterocycles. The van der Waals surface area contributed by atoms with E-state index < -0.39 is 5.60 Å². The SMILES string of the molecule is CO[C@@]1(C)C(=O)N2CCS[C@@H]21. The van der Waals surface area contributed by atoms with E-state index >= 15 is 0 Å². The van der Waals surface area contributed by atoms with Gasteiger partial charge in [-0.05, 0) is 6.92 Å². The minimum atomic E-state index is -0.527. The predicted octanol–water partition coefficient (Wildman–Crippen LogP) is 0.307. The molecule has 3 nitrogen and oxygen atoms in total. The van der Waals surface area contributed by atoms with Crippen molar-refractivity contribution in [2.75, 3.05) is 19.4 Å². The van der Waals surface area contributed by atoms with Gasteiger partial charge < -0.3 is 9.64 Å². The quantitative estimate of drug-likeness (QED) is 0.534. The van der Waals surface area contributed by atoms with E-state index in [1.807, 2.05) is 23.6 Å². The first kappa shape index (κ1) is 7.43. The zero-order chi connectivity index (χ0) is 8.06. The number of hydrogen-bond donors (Lipinski definition) is 0. The molecule has 2 aliphatic rings. The molecule has 0 aromatic heterocycles. The summed E-state index contributed by atoms with van der Waals surface area (Å²) in [4.78, 5) is 13.3. The van der Waals surface area contributed by atoms with Crippen LogP contribution in [0.4, 0.5) is 0 Å². The lowest BCUT2D eigenvalue weighted by molar-refractivity contribution is -0.180. The second-order valence-electron chi connectivity index (χ2n) is 3.03. The molecule has 4 heteroatoms. The van der Waals surface area contributed by atoms with Gasteiger partial charge in [-0.25, -0.2) is 0 Å². The van der Waals surface area contributed by atoms with Crippen molar-refractivity contribution in [2.24, 2.45) is 0 Å². The monoisotopic (exact) mass is 173 g/mol. The zero-order valence-corrected chi connectivity index (χ0v) is 7.48. The van der Waals surface area contributed by atoms with Gasteiger partial charge in [0, 0.05) is 19.4 Å². The van der Waals surface area contributed by atoms with Gasteiger partial charge in [0.1, 0.15) is 5.37 Å². The number of amides is 1. The first-order chi connectivity index (χ1) is 5.20. The van der Waals surface area contributed by atoms with Crippen LogP contribution in [0.3, 0.4) is 0 Å². The summed E-state index contributed by atoms with van der Waals surface area (Å²) in [6.07, 6.45) is 0. The zero-order valence-electron chi connectivity index (χ0n) is 6.66. The van der Waals surface area contributed by atoms with Crippen LogP contribution in [-0.4, -0.2) is 41.2 Å². The van der Waals surface area contributed by atoms with Crippen LogP contribution in [0.2, 0.25) is 0 Å². The number of hydrogen-bond acceptors (Lipinski definition) is 3. The van der Waals surface area contributed by atoms with E-state index in [0.717, 1.165) is 12.3 Å². The molecule has 0 radical (unpaired) electrons. The molecule has 2 saturated heterocycles. The first-order valence-electron chi connectivity index (χ1n) is 3.68. The third-order valence-electron chi connectivity index (χ3n) is 2.47. The van der Waals surface area contributed by atoms with Crippen molar-refractivity contribution < 1.29 is 9.53 Å². The van der Waals surface area contributed by atoms with Crippen molar-refractivity contribution in [3.8, 4) is 0 Å². The largest absolute Gasteiger partial charge is 0.366 e. The molecule has 0 bridgehead atoms. The Kier molecular flexibility index (Phi) is 1.44. The van der Waals surface area contributed by atoms with Crippen molar-refractivity contribution in [3.05, 3.63) is 0 Å². The number of β-lactam (4-membered cyclic amide) rings is 1. The second kappa shape index (κ2) is 2.14. The highest BCUT2D eigenvalue weighted by atomic mass is 32.2. The number of carbonyl (C=O) groups excluding carboxylic acids is 1. The van der Waals surface area contributed by atoms with Crippen LogP contribution < -0.4 is 0 Å². The Morgan fingerprint density at radius 2 is 2.55 bits per heavy atom. The summed E-state index contributed by atoms with van der Waals surface area (Å²) in [6.45, 7) is 2.77. The van der Waals surface area contributed by atoms with Gasteiger partial charge in [-0.1, -0.05) is 0 Å². The average molecular weight is 173 g/mol. The predicted molar refractivity (Wildman–Crippen MR) is 43.4 cm³/mol. The molecule has 2 aliphatic heterocycles. The number of carbonyl (C=O) groups is 1. The van der Waals surface area contributed by atoms with Crippen molar-refractivity contribution in [3.63, 3.8) is 0 Å². The van der Waals surface area contributed by atoms with Gasteiger partial charge in [0.05, 0.1) is 0 Å². The van der Waals surface area contributed by atoms with E-state index in [1.54, 1.807) is 7.11 Å². The summed E-state index contributed by atoms with van der Waals surface area (Å²) in [5.74, 6) is 1.20. The summed E-state index contributed by atoms with van der Waals surface area (Å²) < 4.78 is 5.19. The van der Waals surface area contributed by atoms with Gasteiger partial charge >= 0.3 is 0 Å². The third kappa shape index (κ3) is 0.715. The third-order valence-corrected chi connectivity index (χ3v) is 3.91. The molecule has 0 spiro atoms. The van der Waals surface area contributed by atoms with Gasteiger partial charge in [0.25, 0.3) is 5.91 Å². The fraction of sp³-hybridized carbons (Fsp3) is 0.857. The fourth-order valence-electron chi connectivity index (χ4n) is 1.65. The van der Waals surface area contributed by atoms with Crippen LogP contribution in [0, 0.1) is 0 Å². The van der Waals surface area contributed by atoms with Gasteiger partial charge in [-0.3, -0.25) is 4.79 Å². The molecule has 0 aliphatic carbocycles. The molecule has 0 N–H and O–H groups in total. The average Bonchev–Trinajstić information content (AvgIpc) is 2.48. The standard InChI is InChI=1S/C7H11NO2S/c1-7(10-2)5(9)8-3-4-11-6(7)8/h6H,3-4H2,1-2H3/t6-,7+/m1/s1. The highest BCUT2D eigenvalue weighted by molar-refractivity contribution is 8.00. The van der Waals surface area contributed by atoms with E-state index in [4.69, 9.17) is 4.74 Å². The second-order valence-corrected chi connectivity index (χ2v) is 4.22. The van der Waals surface area contributed by atoms with E-state index in [1.165, 1.54) is 0 Å². The Morgan fingerprint density at radius 1 is 1.82 bits per heavy atom. The number of nitrogens with zero attached hydrogens (tertiary/aromatic N) is 1. The normalized spacial score (nSPS) is 42.2. The Balaban J connectivity index is 2.20. The van der Waals surface area contributed by atoms with Crippen LogP contribution in [0.1, 0.15) is 6.92 Å². The molecule has 2 fully saturated rings. The minimum Gasteiger partial charge on any atom is -0.366 e. The fourth-order valence-corrected chi connectivity index (χ4v) is 3.07. The Morgan fingerprint density at radius 3 is 3.18 bits per heavy atom. The lowest BCUT2D eigenvalue weighted by Gasteiger charge is -2.48. The number of rotatable bonds is 1. The minimum absolute atomic E-state index is 0.148. The molecule has 0 unspecified atom stereocenters. The molecule has 0 saturated carbocycles. The van der Waals surface area contributed by atoms with Crippen LogP contribution in [0.5, 0.6) is 0 Å². The van der Waals surface area contributed by atoms with E-state index in [9.17, 15) is 4.79 Å². The van der Waals surface area contributed by atoms with Gasteiger partial charge in [0.15, 0.2) is 5.60 Å². The Labute approximate surface area is 70.1 Å². The molecule has 0 aromatic carbocycles. The lowest BCUT2D eigenvalue weighted by Crippen LogP contribution is -2.69. The number of methoxy groups -OCH3 is 1. The van der Waals surface area contributed by atoms with E-state index in [0.29, 0.717) is 0 Å². The van der Waals surface area contributed by atoms with E-state index in [-0.39, 0.29) is 11.3 Å². The van der Waals surface area contributed by atoms with Gasteiger partial charge in [-0.15, -0.1) is 11.8 Å². The van der Waals surface area contributed by atoms with Crippen molar-refractivity contribution in [1.29, 1.82) is 0 Å². The van der Waals surface area contributed by atoms with Gasteiger partial charge in [0.2, 0.25) is 0 Å². The summed E-state index contributed by atoms with van der Waals surface area (Å²) in [6, 6.07) is 0. The number of thioether (sulfide) groups is 1. The topological polar surface area (TPSA) is 29.5 Å². The van der Waals surface area contributed by atoms with Crippen molar-refractivity contribution in [1.82, 2.24) is 4.90 Å². The molecule has 62 valence electrons. The Hall–Kier alpha value is -0.220. The lowest BCUT2D eigenvalue weighted by atomic mass is 9.95. The maximum absolute atomic E-state index is 11.4. The molecule has 1 amide bonds. The van der Waals surface area contributed by atoms with Crippen molar-refractivity contribution >= 4 is 17.7 Å². The highest BCUT2D eigenvalue weighted by Crippen LogP contribution is 2.44. The van der Waals surface area contributed by atoms with Crippen LogP contribution in [0.15, 0.2) is 0 Å². The highest BCUT2D eigenvalue weighted by Gasteiger charge is 2.60. The molecular weight excluding hydrogens is 162 g/mol. The maximum Gasteiger partial charge on any atom is 0.258 e. The molecule has 11 heavy (non-hydrogen) atoms. The van der Waals surface area contributed by atoms with Crippen molar-refractivity contribution in [2.45, 2.75) is 17.9 Å². The molecule has 0 aromatic rings. The first-order valence-corrected chi connectivity index (χ1v) is 4.73. The molecular formula is C7H11NO2S. The smallest absolute Gasteiger partial charge is 0.258 e. The maximum atomic E-state index is 11.4. The van der Waals surface area contributed by atoms with Crippen LogP contribution >= 0.6 is 11.8 Å². The number of fused-ring (bicyclic) bond motifs is 1. The van der Waals surface area contributed by atoms with E-state index in [2.05, 4.69) is 0 Å². The van der Waals surface area contributed by atoms with Gasteiger partial charge in [-0.2, -0.15) is 0 Å². The summed E-state index contributed by atoms with van der Waals surface area (Å²) >= 11 is 1.81. The summed E-state index contributed by atoms with van der Waals surface area (Å²) in [5.41, 5.74) is -0.527. The van der Waals surface area contributed by atoms with Crippen LogP contribution in [-0.2, 0) is 9.53 Å². The summed E-state index contributed by atoms with van der Waals surface area (Å²) in [5, 5.41) is 0.278. The Bertz CT molecular complexity index is 209. The molecule has 2 atom stereocenters. The summed E-state index contributed by atoms with van der Waals surface area (Å²) in [7, 11) is 1.61. The molecule has 2 rings (SSSR count).